The van der Waals surface area contributed by atoms with Crippen LogP contribution in [0, 0.1) is 6.92 Å². The van der Waals surface area contributed by atoms with Gasteiger partial charge in [0.05, 0.1) is 17.3 Å². The average Bonchev–Trinajstić information content (AvgIpc) is 3.34. The molecular formula is C19H21ClN2O. The maximum absolute atomic E-state index is 12.1. The fourth-order valence-corrected chi connectivity index (χ4v) is 3.08. The molecule has 120 valence electrons. The molecule has 4 heteroatoms. The number of anilines is 1. The summed E-state index contributed by atoms with van der Waals surface area (Å²) in [5.74, 6) is -0.0103. The number of nitrogens with one attached hydrogen (secondary N) is 2. The number of carbonyl (C=O) groups excluding carboxylic acids is 1. The van der Waals surface area contributed by atoms with Gasteiger partial charge in [0, 0.05) is 12.0 Å². The lowest BCUT2D eigenvalue weighted by atomic mass is 9.96. The molecule has 0 aromatic heterocycles. The van der Waals surface area contributed by atoms with Gasteiger partial charge in [-0.1, -0.05) is 48.0 Å². The standard InChI is InChI=1S/C19H21ClN2O/c1-14-7-8-17(16(20)11-14)21-12-18(23)22-13-19(9-10-19)15-5-3-2-4-6-15/h2-8,11,21H,9-10,12-13H2,1H3,(H,22,23). The van der Waals surface area contributed by atoms with Crippen molar-refractivity contribution in [3.63, 3.8) is 0 Å². The minimum Gasteiger partial charge on any atom is -0.375 e. The third kappa shape index (κ3) is 3.85. The van der Waals surface area contributed by atoms with Crippen molar-refractivity contribution in [3.05, 3.63) is 64.7 Å². The lowest BCUT2D eigenvalue weighted by Crippen LogP contribution is -2.36. The molecule has 0 heterocycles. The van der Waals surface area contributed by atoms with E-state index in [1.54, 1.807) is 0 Å². The largest absolute Gasteiger partial charge is 0.375 e. The van der Waals surface area contributed by atoms with E-state index in [0.717, 1.165) is 24.1 Å². The van der Waals surface area contributed by atoms with Crippen LogP contribution in [0.1, 0.15) is 24.0 Å². The second-order valence-electron chi connectivity index (χ2n) is 6.26. The van der Waals surface area contributed by atoms with Crippen LogP contribution in [0.2, 0.25) is 5.02 Å². The Balaban J connectivity index is 1.50. The minimum atomic E-state index is -0.0103. The van der Waals surface area contributed by atoms with Crippen LogP contribution in [0.4, 0.5) is 5.69 Å². The lowest BCUT2D eigenvalue weighted by Gasteiger charge is -2.17. The van der Waals surface area contributed by atoms with Crippen molar-refractivity contribution in [2.45, 2.75) is 25.2 Å². The molecule has 0 bridgehead atoms. The molecule has 0 spiro atoms. The highest BCUT2D eigenvalue weighted by Crippen LogP contribution is 2.47. The summed E-state index contributed by atoms with van der Waals surface area (Å²) in [6.07, 6.45) is 2.27. The Hall–Kier alpha value is -2.00. The van der Waals surface area contributed by atoms with Gasteiger partial charge in [0.15, 0.2) is 0 Å². The Morgan fingerprint density at radius 3 is 2.57 bits per heavy atom. The molecule has 2 N–H and O–H groups in total. The first-order valence-electron chi connectivity index (χ1n) is 7.91. The molecule has 3 rings (SSSR count). The molecule has 0 atom stereocenters. The van der Waals surface area contributed by atoms with Crippen molar-refractivity contribution in [3.8, 4) is 0 Å². The summed E-state index contributed by atoms with van der Waals surface area (Å²) in [6.45, 7) is 2.91. The molecule has 1 amide bonds. The van der Waals surface area contributed by atoms with Gasteiger partial charge in [-0.05, 0) is 43.0 Å². The first-order chi connectivity index (χ1) is 11.1. The summed E-state index contributed by atoms with van der Waals surface area (Å²) in [7, 11) is 0. The summed E-state index contributed by atoms with van der Waals surface area (Å²) < 4.78 is 0. The highest BCUT2D eigenvalue weighted by atomic mass is 35.5. The van der Waals surface area contributed by atoms with Crippen LogP contribution in [0.3, 0.4) is 0 Å². The second kappa shape index (κ2) is 6.63. The molecule has 3 nitrogen and oxygen atoms in total. The molecule has 0 aliphatic heterocycles. The minimum absolute atomic E-state index is 0.0103. The molecule has 1 aliphatic carbocycles. The van der Waals surface area contributed by atoms with E-state index in [9.17, 15) is 4.79 Å². The quantitative estimate of drug-likeness (QED) is 0.844. The van der Waals surface area contributed by atoms with Crippen LogP contribution in [0.25, 0.3) is 0 Å². The maximum Gasteiger partial charge on any atom is 0.239 e. The predicted molar refractivity (Wildman–Crippen MR) is 95.0 cm³/mol. The van der Waals surface area contributed by atoms with Crippen molar-refractivity contribution < 1.29 is 4.79 Å². The van der Waals surface area contributed by atoms with Crippen molar-refractivity contribution in [2.75, 3.05) is 18.4 Å². The molecule has 1 fully saturated rings. The number of carbonyl (C=O) groups is 1. The van der Waals surface area contributed by atoms with Crippen molar-refractivity contribution in [2.24, 2.45) is 0 Å². The van der Waals surface area contributed by atoms with Crippen LogP contribution in [0.5, 0.6) is 0 Å². The first-order valence-corrected chi connectivity index (χ1v) is 8.29. The van der Waals surface area contributed by atoms with Crippen molar-refractivity contribution >= 4 is 23.2 Å². The van der Waals surface area contributed by atoms with Gasteiger partial charge in [-0.25, -0.2) is 0 Å². The predicted octanol–water partition coefficient (Wildman–Crippen LogP) is 3.91. The SMILES string of the molecule is Cc1ccc(NCC(=O)NCC2(c3ccccc3)CC2)c(Cl)c1. The van der Waals surface area contributed by atoms with Crippen LogP contribution in [0.15, 0.2) is 48.5 Å². The van der Waals surface area contributed by atoms with Gasteiger partial charge in [0.2, 0.25) is 5.91 Å². The smallest absolute Gasteiger partial charge is 0.239 e. The van der Waals surface area contributed by atoms with E-state index in [1.807, 2.05) is 31.2 Å². The summed E-state index contributed by atoms with van der Waals surface area (Å²) in [6, 6.07) is 16.2. The van der Waals surface area contributed by atoms with Gasteiger partial charge < -0.3 is 10.6 Å². The van der Waals surface area contributed by atoms with E-state index >= 15 is 0 Å². The van der Waals surface area contributed by atoms with Gasteiger partial charge in [-0.15, -0.1) is 0 Å². The van der Waals surface area contributed by atoms with Crippen LogP contribution in [-0.4, -0.2) is 19.0 Å². The fraction of sp³-hybridized carbons (Fsp3) is 0.316. The van der Waals surface area contributed by atoms with E-state index in [2.05, 4.69) is 34.9 Å². The number of amides is 1. The number of rotatable bonds is 6. The van der Waals surface area contributed by atoms with Gasteiger partial charge in [-0.2, -0.15) is 0 Å². The van der Waals surface area contributed by atoms with E-state index in [4.69, 9.17) is 11.6 Å². The lowest BCUT2D eigenvalue weighted by molar-refractivity contribution is -0.119. The van der Waals surface area contributed by atoms with Crippen molar-refractivity contribution in [1.29, 1.82) is 0 Å². The molecule has 2 aromatic carbocycles. The van der Waals surface area contributed by atoms with E-state index in [-0.39, 0.29) is 17.9 Å². The normalized spacial score (nSPS) is 15.0. The van der Waals surface area contributed by atoms with Crippen LogP contribution in [-0.2, 0) is 10.2 Å². The molecular weight excluding hydrogens is 308 g/mol. The van der Waals surface area contributed by atoms with E-state index in [1.165, 1.54) is 5.56 Å². The zero-order chi connectivity index (χ0) is 16.3. The van der Waals surface area contributed by atoms with Crippen molar-refractivity contribution in [1.82, 2.24) is 5.32 Å². The summed E-state index contributed by atoms with van der Waals surface area (Å²) in [4.78, 5) is 12.1. The fourth-order valence-electron chi connectivity index (χ4n) is 2.78. The zero-order valence-corrected chi connectivity index (χ0v) is 14.0. The molecule has 2 aromatic rings. The monoisotopic (exact) mass is 328 g/mol. The number of benzene rings is 2. The number of aryl methyl sites for hydroxylation is 1. The maximum atomic E-state index is 12.1. The van der Waals surface area contributed by atoms with Gasteiger partial charge in [0.25, 0.3) is 0 Å². The Morgan fingerprint density at radius 1 is 1.17 bits per heavy atom. The Labute approximate surface area is 142 Å². The van der Waals surface area contributed by atoms with E-state index < -0.39 is 0 Å². The van der Waals surface area contributed by atoms with Crippen LogP contribution >= 0.6 is 11.6 Å². The zero-order valence-electron chi connectivity index (χ0n) is 13.2. The average molecular weight is 329 g/mol. The van der Waals surface area contributed by atoms with Gasteiger partial charge >= 0.3 is 0 Å². The molecule has 1 aliphatic rings. The van der Waals surface area contributed by atoms with E-state index in [0.29, 0.717) is 11.6 Å². The summed E-state index contributed by atoms with van der Waals surface area (Å²) in [5.41, 5.74) is 3.34. The number of halogens is 1. The molecule has 0 saturated heterocycles. The Morgan fingerprint density at radius 2 is 1.91 bits per heavy atom. The summed E-state index contributed by atoms with van der Waals surface area (Å²) >= 11 is 6.16. The molecule has 1 saturated carbocycles. The third-order valence-electron chi connectivity index (χ3n) is 4.43. The molecule has 0 unspecified atom stereocenters. The first kappa shape index (κ1) is 15.9. The summed E-state index contributed by atoms with van der Waals surface area (Å²) in [5, 5.41) is 6.77. The highest BCUT2D eigenvalue weighted by Gasteiger charge is 2.44. The van der Waals surface area contributed by atoms with Gasteiger partial charge in [-0.3, -0.25) is 4.79 Å². The number of hydrogen-bond acceptors (Lipinski definition) is 2. The topological polar surface area (TPSA) is 41.1 Å². The van der Waals surface area contributed by atoms with Gasteiger partial charge in [0.1, 0.15) is 0 Å². The molecule has 23 heavy (non-hydrogen) atoms. The molecule has 0 radical (unpaired) electrons. The van der Waals surface area contributed by atoms with Crippen LogP contribution < -0.4 is 10.6 Å². The Kier molecular flexibility index (Phi) is 4.58. The highest BCUT2D eigenvalue weighted by molar-refractivity contribution is 6.33. The Bertz CT molecular complexity index is 696. The third-order valence-corrected chi connectivity index (χ3v) is 4.74. The number of hydrogen-bond donors (Lipinski definition) is 2. The second-order valence-corrected chi connectivity index (χ2v) is 6.67.